The average molecular weight is 308 g/mol. The van der Waals surface area contributed by atoms with Crippen LogP contribution in [0.2, 0.25) is 0 Å². The zero-order valence-electron chi connectivity index (χ0n) is 11.8. The molecule has 1 aromatic rings. The van der Waals surface area contributed by atoms with Gasteiger partial charge < -0.3 is 5.11 Å². The number of nitrogens with zero attached hydrogens (tertiary/aromatic N) is 3. The third-order valence-corrected chi connectivity index (χ3v) is 3.66. The highest BCUT2D eigenvalue weighted by Crippen LogP contribution is 2.29. The van der Waals surface area contributed by atoms with E-state index in [1.54, 1.807) is 0 Å². The number of hydrogen-bond donors (Lipinski definition) is 2. The molecule has 0 bridgehead atoms. The number of anilines is 1. The van der Waals surface area contributed by atoms with E-state index in [0.717, 1.165) is 37.5 Å². The molecule has 0 saturated heterocycles. The molecule has 2 N–H and O–H groups in total. The van der Waals surface area contributed by atoms with Crippen molar-refractivity contribution in [2.45, 2.75) is 25.7 Å². The van der Waals surface area contributed by atoms with Crippen molar-refractivity contribution in [3.63, 3.8) is 0 Å². The Labute approximate surface area is 125 Å². The number of non-ortho nitro benzene ring substituents is 1. The lowest BCUT2D eigenvalue weighted by molar-refractivity contribution is -0.393. The van der Waals surface area contributed by atoms with Gasteiger partial charge in [0.15, 0.2) is 0 Å². The highest BCUT2D eigenvalue weighted by Gasteiger charge is 2.20. The van der Waals surface area contributed by atoms with Crippen LogP contribution in [0, 0.1) is 26.1 Å². The maximum absolute atomic E-state index is 11.0. The van der Waals surface area contributed by atoms with E-state index in [2.05, 4.69) is 10.5 Å². The molecule has 0 aromatic heterocycles. The van der Waals surface area contributed by atoms with Gasteiger partial charge in [0.25, 0.3) is 5.69 Å². The Balaban J connectivity index is 2.12. The topological polar surface area (TPSA) is 131 Å². The van der Waals surface area contributed by atoms with E-state index in [4.69, 9.17) is 5.11 Å². The van der Waals surface area contributed by atoms with Crippen LogP contribution in [0.5, 0.6) is 0 Å². The van der Waals surface area contributed by atoms with Gasteiger partial charge in [0.05, 0.1) is 15.9 Å². The first kappa shape index (κ1) is 15.8. The van der Waals surface area contributed by atoms with Gasteiger partial charge in [-0.1, -0.05) is 0 Å². The van der Waals surface area contributed by atoms with Crippen molar-refractivity contribution < 1.29 is 15.0 Å². The van der Waals surface area contributed by atoms with Crippen LogP contribution in [0.3, 0.4) is 0 Å². The molecule has 118 valence electrons. The van der Waals surface area contributed by atoms with E-state index < -0.39 is 9.85 Å². The molecule has 1 saturated carbocycles. The minimum Gasteiger partial charge on any atom is -0.396 e. The summed E-state index contributed by atoms with van der Waals surface area (Å²) in [5.74, 6) is 0.285. The summed E-state index contributed by atoms with van der Waals surface area (Å²) >= 11 is 0. The van der Waals surface area contributed by atoms with Crippen molar-refractivity contribution in [1.29, 1.82) is 0 Å². The molecule has 22 heavy (non-hydrogen) atoms. The third-order valence-electron chi connectivity index (χ3n) is 3.66. The molecule has 0 aliphatic heterocycles. The molecule has 2 rings (SSSR count). The van der Waals surface area contributed by atoms with Crippen LogP contribution in [0.4, 0.5) is 17.1 Å². The Morgan fingerprint density at radius 2 is 1.91 bits per heavy atom. The van der Waals surface area contributed by atoms with Gasteiger partial charge in [-0.3, -0.25) is 25.7 Å². The number of nitrogens with one attached hydrogen (secondary N) is 1. The predicted octanol–water partition coefficient (Wildman–Crippen LogP) is 2.45. The number of aliphatic hydroxyl groups excluding tert-OH is 1. The number of nitro benzene ring substituents is 2. The first-order chi connectivity index (χ1) is 10.5. The molecular formula is C13H16N4O5. The first-order valence-corrected chi connectivity index (χ1v) is 6.86. The predicted molar refractivity (Wildman–Crippen MR) is 79.9 cm³/mol. The van der Waals surface area contributed by atoms with E-state index in [9.17, 15) is 20.2 Å². The quantitative estimate of drug-likeness (QED) is 0.634. The number of aliphatic hydroxyl groups is 1. The van der Waals surface area contributed by atoms with E-state index in [1.807, 2.05) is 0 Å². The molecule has 0 heterocycles. The second-order valence-corrected chi connectivity index (χ2v) is 5.13. The Bertz CT molecular complexity index is 606. The molecule has 0 radical (unpaired) electrons. The van der Waals surface area contributed by atoms with Crippen molar-refractivity contribution >= 4 is 22.8 Å². The minimum absolute atomic E-state index is 0.118. The van der Waals surface area contributed by atoms with E-state index >= 15 is 0 Å². The van der Waals surface area contributed by atoms with Gasteiger partial charge in [0, 0.05) is 18.4 Å². The molecule has 0 amide bonds. The zero-order valence-corrected chi connectivity index (χ0v) is 11.8. The lowest BCUT2D eigenvalue weighted by Gasteiger charge is -2.20. The van der Waals surface area contributed by atoms with E-state index in [1.165, 1.54) is 12.1 Å². The Morgan fingerprint density at radius 1 is 1.23 bits per heavy atom. The van der Waals surface area contributed by atoms with Crippen LogP contribution in [0.15, 0.2) is 23.3 Å². The fraction of sp³-hybridized carbons (Fsp3) is 0.462. The molecule has 1 aromatic carbocycles. The van der Waals surface area contributed by atoms with Gasteiger partial charge in [-0.05, 0) is 37.7 Å². The van der Waals surface area contributed by atoms with Crippen molar-refractivity contribution in [2.75, 3.05) is 12.0 Å². The van der Waals surface area contributed by atoms with Crippen LogP contribution >= 0.6 is 0 Å². The van der Waals surface area contributed by atoms with Crippen molar-refractivity contribution in [1.82, 2.24) is 0 Å². The normalized spacial score (nSPS) is 17.9. The van der Waals surface area contributed by atoms with E-state index in [0.29, 0.717) is 0 Å². The number of hydrazone groups is 1. The maximum Gasteiger partial charge on any atom is 0.301 e. The van der Waals surface area contributed by atoms with Crippen LogP contribution in [0.1, 0.15) is 25.7 Å². The van der Waals surface area contributed by atoms with Crippen molar-refractivity contribution in [3.05, 3.63) is 38.4 Å². The smallest absolute Gasteiger partial charge is 0.301 e. The van der Waals surface area contributed by atoms with Gasteiger partial charge in [-0.25, -0.2) is 0 Å². The zero-order chi connectivity index (χ0) is 16.1. The molecule has 0 unspecified atom stereocenters. The minimum atomic E-state index is -0.682. The average Bonchev–Trinajstić information content (AvgIpc) is 2.53. The van der Waals surface area contributed by atoms with Crippen LogP contribution < -0.4 is 5.43 Å². The molecule has 1 fully saturated rings. The van der Waals surface area contributed by atoms with Gasteiger partial charge in [-0.2, -0.15) is 5.10 Å². The van der Waals surface area contributed by atoms with Gasteiger partial charge >= 0.3 is 5.69 Å². The number of rotatable bonds is 5. The SMILES string of the molecule is O=[N+]([O-])c1ccc(NN=C2CCC(CO)CC2)c([N+](=O)[O-])c1. The third kappa shape index (κ3) is 3.76. The summed E-state index contributed by atoms with van der Waals surface area (Å²) in [4.78, 5) is 20.3. The maximum atomic E-state index is 11.0. The first-order valence-electron chi connectivity index (χ1n) is 6.86. The van der Waals surface area contributed by atoms with Gasteiger partial charge in [-0.15, -0.1) is 0 Å². The van der Waals surface area contributed by atoms with Crippen molar-refractivity contribution in [3.8, 4) is 0 Å². The van der Waals surface area contributed by atoms with Gasteiger partial charge in [0.1, 0.15) is 5.69 Å². The summed E-state index contributed by atoms with van der Waals surface area (Å²) in [5, 5.41) is 34.9. The Morgan fingerprint density at radius 3 is 2.45 bits per heavy atom. The fourth-order valence-corrected chi connectivity index (χ4v) is 2.32. The van der Waals surface area contributed by atoms with Crippen LogP contribution in [0.25, 0.3) is 0 Å². The molecule has 1 aliphatic carbocycles. The van der Waals surface area contributed by atoms with Crippen molar-refractivity contribution in [2.24, 2.45) is 11.0 Å². The Hall–Kier alpha value is -2.55. The molecular weight excluding hydrogens is 292 g/mol. The van der Waals surface area contributed by atoms with Gasteiger partial charge in [0.2, 0.25) is 0 Å². The second-order valence-electron chi connectivity index (χ2n) is 5.13. The summed E-state index contributed by atoms with van der Waals surface area (Å²) in [5.41, 5.74) is 2.89. The monoisotopic (exact) mass is 308 g/mol. The number of hydrogen-bond acceptors (Lipinski definition) is 7. The Kier molecular flexibility index (Phi) is 4.99. The second kappa shape index (κ2) is 6.94. The largest absolute Gasteiger partial charge is 0.396 e. The lowest BCUT2D eigenvalue weighted by atomic mass is 9.89. The lowest BCUT2D eigenvalue weighted by Crippen LogP contribution is -2.17. The molecule has 0 atom stereocenters. The summed E-state index contributed by atoms with van der Waals surface area (Å²) in [6.07, 6.45) is 3.11. The molecule has 9 heteroatoms. The number of nitro groups is 2. The highest BCUT2D eigenvalue weighted by molar-refractivity contribution is 5.86. The van der Waals surface area contributed by atoms with Crippen LogP contribution in [-0.4, -0.2) is 27.3 Å². The summed E-state index contributed by atoms with van der Waals surface area (Å²) < 4.78 is 0. The number of benzene rings is 1. The highest BCUT2D eigenvalue weighted by atomic mass is 16.6. The summed E-state index contributed by atoms with van der Waals surface area (Å²) in [6.45, 7) is 0.161. The van der Waals surface area contributed by atoms with E-state index in [-0.39, 0.29) is 29.6 Å². The molecule has 0 spiro atoms. The standard InChI is InChI=1S/C13H16N4O5/c18-8-9-1-3-10(4-2-9)14-15-12-6-5-11(16(19)20)7-13(12)17(21)22/h5-7,9,15,18H,1-4,8H2. The summed E-state index contributed by atoms with van der Waals surface area (Å²) in [7, 11) is 0. The van der Waals surface area contributed by atoms with Crippen LogP contribution in [-0.2, 0) is 0 Å². The summed E-state index contributed by atoms with van der Waals surface area (Å²) in [6, 6.07) is 3.38. The molecule has 9 nitrogen and oxygen atoms in total. The fourth-order valence-electron chi connectivity index (χ4n) is 2.32. The molecule has 1 aliphatic rings.